The molecule has 4 rings (SSSR count). The van der Waals surface area contributed by atoms with Crippen molar-refractivity contribution in [1.29, 1.82) is 0 Å². The zero-order chi connectivity index (χ0) is 32.3. The molecule has 0 unspecified atom stereocenters. The normalized spacial score (nSPS) is 11.6. The lowest BCUT2D eigenvalue weighted by Crippen LogP contribution is -2.33. The molecule has 1 aliphatic carbocycles. The van der Waals surface area contributed by atoms with Gasteiger partial charge >= 0.3 is 6.09 Å². The van der Waals surface area contributed by atoms with E-state index in [1.807, 2.05) is 50.2 Å². The molecule has 0 aromatic heterocycles. The van der Waals surface area contributed by atoms with Crippen LogP contribution in [0.15, 0.2) is 57.9 Å². The summed E-state index contributed by atoms with van der Waals surface area (Å²) in [7, 11) is 1.72. The Balaban J connectivity index is 1.65. The molecule has 1 heterocycles. The molecule has 0 atom stereocenters. The van der Waals surface area contributed by atoms with Crippen molar-refractivity contribution in [2.24, 2.45) is 4.99 Å². The van der Waals surface area contributed by atoms with E-state index in [1.165, 1.54) is 0 Å². The van der Waals surface area contributed by atoms with Crippen LogP contribution in [-0.4, -0.2) is 68.4 Å². The maximum absolute atomic E-state index is 13.9. The fraction of sp³-hybridized carbons (Fsp3) is 0.417. The lowest BCUT2D eigenvalue weighted by Gasteiger charge is -2.22. The molecule has 2 aromatic carbocycles. The molecule has 0 spiro atoms. The van der Waals surface area contributed by atoms with Gasteiger partial charge in [0.1, 0.15) is 18.0 Å². The minimum atomic E-state index is -0.499. The second-order valence-corrected chi connectivity index (χ2v) is 11.3. The van der Waals surface area contributed by atoms with Crippen LogP contribution in [0.4, 0.5) is 10.5 Å². The number of carbonyl (C=O) groups excluding carboxylic acids is 2. The van der Waals surface area contributed by atoms with E-state index in [1.54, 1.807) is 11.9 Å². The third kappa shape index (κ3) is 8.22. The fourth-order valence-corrected chi connectivity index (χ4v) is 5.50. The number of alkyl carbamates (subject to hydrolysis) is 1. The number of aliphatic hydroxyl groups is 1. The summed E-state index contributed by atoms with van der Waals surface area (Å²) in [5.74, 6) is 0.529. The van der Waals surface area contributed by atoms with Crippen molar-refractivity contribution in [3.05, 3.63) is 70.6 Å². The molecule has 0 bridgehead atoms. The molecule has 0 fully saturated rings. The van der Waals surface area contributed by atoms with Crippen molar-refractivity contribution in [2.45, 2.75) is 53.4 Å². The summed E-state index contributed by atoms with van der Waals surface area (Å²) in [6.07, 6.45) is 2.96. The second kappa shape index (κ2) is 16.1. The number of amides is 2. The first-order chi connectivity index (χ1) is 21.8. The molecule has 2 aliphatic rings. The highest BCUT2D eigenvalue weighted by Gasteiger charge is 2.24. The van der Waals surface area contributed by atoms with Crippen LogP contribution >= 0.6 is 0 Å². The number of unbranched alkanes of at least 4 members (excludes halogenated alkanes) is 3. The third-order valence-corrected chi connectivity index (χ3v) is 7.87. The van der Waals surface area contributed by atoms with E-state index in [2.05, 4.69) is 41.6 Å². The van der Waals surface area contributed by atoms with Crippen LogP contribution < -0.4 is 16.0 Å². The van der Waals surface area contributed by atoms with Gasteiger partial charge in [0.05, 0.1) is 11.9 Å². The molecule has 0 radical (unpaired) electrons. The van der Waals surface area contributed by atoms with Crippen LogP contribution in [-0.2, 0) is 4.74 Å². The summed E-state index contributed by atoms with van der Waals surface area (Å²) in [5.41, 5.74) is 7.01. The highest BCUT2D eigenvalue weighted by atomic mass is 16.5. The monoisotopic (exact) mass is 614 g/mol. The summed E-state index contributed by atoms with van der Waals surface area (Å²) in [4.78, 5) is 32.3. The van der Waals surface area contributed by atoms with Crippen molar-refractivity contribution in [3.63, 3.8) is 0 Å². The summed E-state index contributed by atoms with van der Waals surface area (Å²) in [6.45, 7) is 10.7. The topological polar surface area (TPSA) is 116 Å². The molecule has 240 valence electrons. The number of fused-ring (bicyclic) bond motifs is 2. The van der Waals surface area contributed by atoms with Crippen LogP contribution in [0, 0.1) is 13.8 Å². The molecule has 45 heavy (non-hydrogen) atoms. The molecule has 2 amide bonds. The molecule has 1 aliphatic heterocycles. The number of aryl methyl sites for hydroxylation is 2. The minimum Gasteiger partial charge on any atom is -0.456 e. The van der Waals surface area contributed by atoms with Gasteiger partial charge in [0.15, 0.2) is 0 Å². The van der Waals surface area contributed by atoms with Gasteiger partial charge in [-0.2, -0.15) is 0 Å². The SMILES string of the molecule is CCN=c1cc2oc3cc(NCC)c(C)cc3c(-c3ccccc3C(=O)N(C)CCOC(=O)NCCCCCCO)c-2cc1C. The molecule has 3 N–H and O–H groups in total. The van der Waals surface area contributed by atoms with Crippen molar-refractivity contribution in [2.75, 3.05) is 51.8 Å². The van der Waals surface area contributed by atoms with Gasteiger partial charge in [-0.25, -0.2) is 4.79 Å². The number of rotatable bonds is 14. The highest BCUT2D eigenvalue weighted by molar-refractivity contribution is 6.09. The number of carbonyl (C=O) groups is 2. The number of ether oxygens (including phenoxy) is 1. The Morgan fingerprint density at radius 2 is 1.76 bits per heavy atom. The van der Waals surface area contributed by atoms with E-state index >= 15 is 0 Å². The Bertz CT molecular complexity index is 1660. The number of anilines is 1. The number of benzene rings is 3. The number of aliphatic hydroxyl groups excluding tert-OH is 1. The Kier molecular flexibility index (Phi) is 12.0. The second-order valence-electron chi connectivity index (χ2n) is 11.3. The predicted octanol–water partition coefficient (Wildman–Crippen LogP) is 6.52. The third-order valence-electron chi connectivity index (χ3n) is 7.87. The van der Waals surface area contributed by atoms with Gasteiger partial charge in [-0.05, 0) is 75.4 Å². The lowest BCUT2D eigenvalue weighted by atomic mass is 9.89. The Hall–Kier alpha value is -4.37. The van der Waals surface area contributed by atoms with Gasteiger partial charge in [0.2, 0.25) is 0 Å². The molecule has 0 saturated heterocycles. The van der Waals surface area contributed by atoms with E-state index in [-0.39, 0.29) is 25.7 Å². The van der Waals surface area contributed by atoms with E-state index < -0.39 is 6.09 Å². The molecular formula is C36H46N4O5. The number of likely N-dealkylation sites (N-methyl/N-ethyl adjacent to an activating group) is 1. The van der Waals surface area contributed by atoms with Crippen molar-refractivity contribution in [1.82, 2.24) is 10.2 Å². The average molecular weight is 615 g/mol. The zero-order valence-corrected chi connectivity index (χ0v) is 27.2. The molecular weight excluding hydrogens is 568 g/mol. The smallest absolute Gasteiger partial charge is 0.407 e. The van der Waals surface area contributed by atoms with Gasteiger partial charge < -0.3 is 29.8 Å². The average Bonchev–Trinajstić information content (AvgIpc) is 3.02. The Labute approximate surface area is 265 Å². The number of hydrogen-bond donors (Lipinski definition) is 3. The first-order valence-corrected chi connectivity index (χ1v) is 15.9. The Morgan fingerprint density at radius 1 is 0.978 bits per heavy atom. The highest BCUT2D eigenvalue weighted by Crippen LogP contribution is 2.43. The first kappa shape index (κ1) is 33.5. The van der Waals surface area contributed by atoms with E-state index in [0.717, 1.165) is 76.5 Å². The lowest BCUT2D eigenvalue weighted by molar-refractivity contribution is 0.0745. The van der Waals surface area contributed by atoms with E-state index in [9.17, 15) is 9.59 Å². The van der Waals surface area contributed by atoms with Crippen molar-refractivity contribution < 1.29 is 23.8 Å². The fourth-order valence-electron chi connectivity index (χ4n) is 5.50. The van der Waals surface area contributed by atoms with Crippen molar-refractivity contribution >= 4 is 28.7 Å². The summed E-state index contributed by atoms with van der Waals surface area (Å²) >= 11 is 0. The van der Waals surface area contributed by atoms with Gasteiger partial charge in [-0.1, -0.05) is 31.0 Å². The van der Waals surface area contributed by atoms with Crippen molar-refractivity contribution in [3.8, 4) is 22.5 Å². The Morgan fingerprint density at radius 3 is 2.51 bits per heavy atom. The number of hydrogen-bond acceptors (Lipinski definition) is 7. The van der Waals surface area contributed by atoms with E-state index in [0.29, 0.717) is 30.0 Å². The summed E-state index contributed by atoms with van der Waals surface area (Å²) in [5, 5.41) is 16.8. The standard InChI is InChI=1S/C36H46N4O5/c1-6-37-30-22-32-28(20-24(30)3)34(29-21-25(4)31(38-7-2)23-33(29)45-32)26-14-10-11-15-27(26)35(42)40(5)17-19-44-36(43)39-16-12-8-9-13-18-41/h10-11,14-15,20-23,37,41H,6-9,12-13,16-19H2,1-5H3,(H,39,43). The summed E-state index contributed by atoms with van der Waals surface area (Å²) < 4.78 is 11.8. The molecule has 2 aromatic rings. The predicted molar refractivity (Wildman–Crippen MR) is 180 cm³/mol. The molecule has 9 nitrogen and oxygen atoms in total. The minimum absolute atomic E-state index is 0.0755. The zero-order valence-electron chi connectivity index (χ0n) is 27.2. The van der Waals surface area contributed by atoms with Gasteiger partial charge in [-0.3, -0.25) is 9.79 Å². The van der Waals surface area contributed by atoms with Crippen LogP contribution in [0.1, 0.15) is 61.0 Å². The van der Waals surface area contributed by atoms with Crippen LogP contribution in [0.5, 0.6) is 0 Å². The van der Waals surface area contributed by atoms with Gasteiger partial charge in [-0.15, -0.1) is 0 Å². The molecule has 0 saturated carbocycles. The van der Waals surface area contributed by atoms with Gasteiger partial charge in [0.25, 0.3) is 5.91 Å². The number of nitrogens with zero attached hydrogens (tertiary/aromatic N) is 2. The van der Waals surface area contributed by atoms with Gasteiger partial charge in [0, 0.05) is 73.2 Å². The number of nitrogens with one attached hydrogen (secondary N) is 2. The van der Waals surface area contributed by atoms with Crippen LogP contribution in [0.2, 0.25) is 0 Å². The first-order valence-electron chi connectivity index (χ1n) is 15.9. The van der Waals surface area contributed by atoms with E-state index in [4.69, 9.17) is 14.3 Å². The summed E-state index contributed by atoms with van der Waals surface area (Å²) in [6, 6.07) is 15.9. The molecule has 9 heteroatoms. The quantitative estimate of drug-likeness (QED) is 0.110. The maximum Gasteiger partial charge on any atom is 0.407 e. The largest absolute Gasteiger partial charge is 0.456 e. The van der Waals surface area contributed by atoms with Crippen LogP contribution in [0.3, 0.4) is 0 Å². The maximum atomic E-state index is 13.9. The van der Waals surface area contributed by atoms with Crippen LogP contribution in [0.25, 0.3) is 33.4 Å².